The predicted molar refractivity (Wildman–Crippen MR) is 48.8 cm³/mol. The van der Waals surface area contributed by atoms with Crippen molar-refractivity contribution in [3.05, 3.63) is 14.7 Å². The van der Waals surface area contributed by atoms with Crippen molar-refractivity contribution < 1.29 is 9.53 Å². The van der Waals surface area contributed by atoms with Gasteiger partial charge in [-0.3, -0.25) is 4.79 Å². The summed E-state index contributed by atoms with van der Waals surface area (Å²) in [5.41, 5.74) is 0.408. The summed E-state index contributed by atoms with van der Waals surface area (Å²) in [6.07, 6.45) is 0. The first-order valence-corrected chi connectivity index (χ1v) is 4.72. The zero-order valence-electron chi connectivity index (χ0n) is 5.56. The molecule has 0 radical (unpaired) electrons. The van der Waals surface area contributed by atoms with Crippen LogP contribution in [0.5, 0.6) is 5.75 Å². The Balaban J connectivity index is 3.15. The number of hydrogen-bond donors (Lipinski definition) is 0. The maximum atomic E-state index is 10.7. The summed E-state index contributed by atoms with van der Waals surface area (Å²) >= 11 is 9.87. The molecule has 0 spiro atoms. The van der Waals surface area contributed by atoms with Gasteiger partial charge in [0, 0.05) is 5.38 Å². The summed E-state index contributed by atoms with van der Waals surface area (Å²) in [7, 11) is 1.50. The lowest BCUT2D eigenvalue weighted by Crippen LogP contribution is -1.90. The summed E-state index contributed by atoms with van der Waals surface area (Å²) < 4.78 is 5.72. The highest BCUT2D eigenvalue weighted by atomic mass is 79.9. The van der Waals surface area contributed by atoms with E-state index in [1.807, 2.05) is 0 Å². The number of carbonyl (C=O) groups is 1. The number of rotatable bonds is 2. The summed E-state index contributed by atoms with van der Waals surface area (Å²) in [5.74, 6) is 0.509. The molecule has 5 heteroatoms. The molecule has 0 N–H and O–H groups in total. The van der Waals surface area contributed by atoms with Gasteiger partial charge in [-0.1, -0.05) is 0 Å². The molecule has 0 amide bonds. The third kappa shape index (κ3) is 1.75. The van der Waals surface area contributed by atoms with Crippen LogP contribution in [-0.4, -0.2) is 12.4 Å². The number of thiophene rings is 1. The molecule has 0 bridgehead atoms. The maximum absolute atomic E-state index is 10.7. The first kappa shape index (κ1) is 9.03. The van der Waals surface area contributed by atoms with Crippen LogP contribution in [0.3, 0.4) is 0 Å². The second-order valence-electron chi connectivity index (χ2n) is 1.73. The van der Waals surface area contributed by atoms with Crippen LogP contribution in [0.15, 0.2) is 9.17 Å². The normalized spacial score (nSPS) is 9.73. The maximum Gasteiger partial charge on any atom is 0.257 e. The number of hydrogen-bond acceptors (Lipinski definition) is 3. The molecule has 0 fully saturated rings. The minimum Gasteiger partial charge on any atom is -0.494 e. The third-order valence-corrected chi connectivity index (χ3v) is 2.99. The highest BCUT2D eigenvalue weighted by Gasteiger charge is 2.14. The molecule has 1 aromatic rings. The van der Waals surface area contributed by atoms with Gasteiger partial charge in [0.1, 0.15) is 3.79 Å². The Kier molecular flexibility index (Phi) is 2.92. The second-order valence-corrected chi connectivity index (χ2v) is 4.27. The fourth-order valence-electron chi connectivity index (χ4n) is 0.649. The van der Waals surface area contributed by atoms with Crippen molar-refractivity contribution in [2.24, 2.45) is 0 Å². The smallest absolute Gasteiger partial charge is 0.257 e. The van der Waals surface area contributed by atoms with Gasteiger partial charge < -0.3 is 4.74 Å². The molecular formula is C6H4BrClO2S. The molecule has 0 aliphatic heterocycles. The zero-order valence-corrected chi connectivity index (χ0v) is 8.72. The molecule has 0 aliphatic rings. The second kappa shape index (κ2) is 3.56. The van der Waals surface area contributed by atoms with E-state index in [9.17, 15) is 4.79 Å². The van der Waals surface area contributed by atoms with Gasteiger partial charge in [0.25, 0.3) is 5.24 Å². The third-order valence-electron chi connectivity index (χ3n) is 1.12. The topological polar surface area (TPSA) is 26.3 Å². The van der Waals surface area contributed by atoms with Gasteiger partial charge in [-0.2, -0.15) is 0 Å². The number of methoxy groups -OCH3 is 1. The Morgan fingerprint density at radius 2 is 2.45 bits per heavy atom. The lowest BCUT2D eigenvalue weighted by molar-refractivity contribution is 0.107. The van der Waals surface area contributed by atoms with Gasteiger partial charge >= 0.3 is 0 Å². The van der Waals surface area contributed by atoms with Crippen LogP contribution in [0.2, 0.25) is 0 Å². The highest BCUT2D eigenvalue weighted by molar-refractivity contribution is 9.11. The van der Waals surface area contributed by atoms with Crippen molar-refractivity contribution in [1.29, 1.82) is 0 Å². The van der Waals surface area contributed by atoms with E-state index in [1.54, 1.807) is 5.38 Å². The monoisotopic (exact) mass is 254 g/mol. The largest absolute Gasteiger partial charge is 0.494 e. The van der Waals surface area contributed by atoms with E-state index in [1.165, 1.54) is 18.4 Å². The molecule has 1 aromatic heterocycles. The first-order valence-electron chi connectivity index (χ1n) is 2.67. The summed E-state index contributed by atoms with van der Waals surface area (Å²) in [6, 6.07) is 0. The summed E-state index contributed by atoms with van der Waals surface area (Å²) in [6.45, 7) is 0. The minimum atomic E-state index is -0.496. The van der Waals surface area contributed by atoms with Crippen molar-refractivity contribution in [2.45, 2.75) is 0 Å². The number of halogens is 2. The van der Waals surface area contributed by atoms with Crippen molar-refractivity contribution >= 4 is 44.1 Å². The molecule has 0 saturated carbocycles. The van der Waals surface area contributed by atoms with Crippen LogP contribution in [0.4, 0.5) is 0 Å². The molecule has 0 aliphatic carbocycles. The van der Waals surface area contributed by atoms with Crippen molar-refractivity contribution in [3.8, 4) is 5.75 Å². The summed E-state index contributed by atoms with van der Waals surface area (Å²) in [5, 5.41) is 1.15. The Morgan fingerprint density at radius 3 is 2.82 bits per heavy atom. The molecule has 2 nitrogen and oxygen atoms in total. The van der Waals surface area contributed by atoms with E-state index in [4.69, 9.17) is 16.3 Å². The Bertz CT molecular complexity index is 284. The van der Waals surface area contributed by atoms with Crippen LogP contribution in [0, 0.1) is 0 Å². The molecule has 1 heterocycles. The van der Waals surface area contributed by atoms with Gasteiger partial charge in [0.2, 0.25) is 0 Å². The van der Waals surface area contributed by atoms with Crippen molar-refractivity contribution in [2.75, 3.05) is 7.11 Å². The molecule has 0 unspecified atom stereocenters. The fraction of sp³-hybridized carbons (Fsp3) is 0.167. The Morgan fingerprint density at radius 1 is 1.82 bits per heavy atom. The lowest BCUT2D eigenvalue weighted by atomic mass is 10.3. The van der Waals surface area contributed by atoms with Gasteiger partial charge in [-0.05, 0) is 27.5 Å². The van der Waals surface area contributed by atoms with Crippen LogP contribution < -0.4 is 4.74 Å². The quantitative estimate of drug-likeness (QED) is 0.760. The van der Waals surface area contributed by atoms with Crippen LogP contribution in [0.25, 0.3) is 0 Å². The van der Waals surface area contributed by atoms with Gasteiger partial charge in [-0.15, -0.1) is 11.3 Å². The SMILES string of the molecule is COc1c(C(=O)Cl)csc1Br. The molecule has 11 heavy (non-hydrogen) atoms. The van der Waals surface area contributed by atoms with Crippen molar-refractivity contribution in [3.63, 3.8) is 0 Å². The average molecular weight is 256 g/mol. The minimum absolute atomic E-state index is 0.408. The first-order chi connectivity index (χ1) is 5.16. The van der Waals surface area contributed by atoms with Gasteiger partial charge in [-0.25, -0.2) is 0 Å². The standard InChI is InChI=1S/C6H4BrClO2S/c1-10-4-3(6(8)9)2-11-5(4)7/h2H,1H3. The van der Waals surface area contributed by atoms with E-state index < -0.39 is 5.24 Å². The van der Waals surface area contributed by atoms with Crippen LogP contribution >= 0.6 is 38.9 Å². The van der Waals surface area contributed by atoms with Crippen molar-refractivity contribution in [1.82, 2.24) is 0 Å². The zero-order chi connectivity index (χ0) is 8.43. The van der Waals surface area contributed by atoms with Crippen LogP contribution in [-0.2, 0) is 0 Å². The molecule has 60 valence electrons. The molecule has 0 saturated heterocycles. The average Bonchev–Trinajstić information content (AvgIpc) is 2.30. The van der Waals surface area contributed by atoms with Crippen LogP contribution in [0.1, 0.15) is 10.4 Å². The fourth-order valence-corrected chi connectivity index (χ4v) is 2.25. The van der Waals surface area contributed by atoms with E-state index in [2.05, 4.69) is 15.9 Å². The van der Waals surface area contributed by atoms with Gasteiger partial charge in [0.05, 0.1) is 12.7 Å². The highest BCUT2D eigenvalue weighted by Crippen LogP contribution is 2.35. The predicted octanol–water partition coefficient (Wildman–Crippen LogP) is 2.90. The number of ether oxygens (including phenoxy) is 1. The number of carbonyl (C=O) groups excluding carboxylic acids is 1. The van der Waals surface area contributed by atoms with E-state index in [0.29, 0.717) is 11.3 Å². The van der Waals surface area contributed by atoms with E-state index >= 15 is 0 Å². The lowest BCUT2D eigenvalue weighted by Gasteiger charge is -1.97. The summed E-state index contributed by atoms with van der Waals surface area (Å²) in [4.78, 5) is 10.7. The van der Waals surface area contributed by atoms with E-state index in [0.717, 1.165) is 3.79 Å². The van der Waals surface area contributed by atoms with E-state index in [-0.39, 0.29) is 0 Å². The molecule has 0 atom stereocenters. The Labute approximate surface area is 81.2 Å². The Hall–Kier alpha value is -0.0600. The molecule has 0 aromatic carbocycles. The molecular weight excluding hydrogens is 251 g/mol. The van der Waals surface area contributed by atoms with Gasteiger partial charge in [0.15, 0.2) is 5.75 Å². The molecule has 1 rings (SSSR count).